The number of ether oxygens (including phenoxy) is 2. The molecule has 10 nitrogen and oxygen atoms in total. The molecule has 212 valence electrons. The van der Waals surface area contributed by atoms with Crippen LogP contribution in [0.3, 0.4) is 0 Å². The van der Waals surface area contributed by atoms with E-state index in [9.17, 15) is 19.5 Å². The molecule has 4 fully saturated rings. The second-order valence-electron chi connectivity index (χ2n) is 11.1. The van der Waals surface area contributed by atoms with E-state index in [1.54, 1.807) is 22.0 Å². The van der Waals surface area contributed by atoms with Crippen molar-refractivity contribution in [3.8, 4) is 0 Å². The summed E-state index contributed by atoms with van der Waals surface area (Å²) in [5.74, 6) is -2.06. The van der Waals surface area contributed by atoms with Crippen molar-refractivity contribution in [1.29, 1.82) is 0 Å². The van der Waals surface area contributed by atoms with Gasteiger partial charge in [0.2, 0.25) is 17.7 Å². The first-order valence-corrected chi connectivity index (χ1v) is 14.0. The van der Waals surface area contributed by atoms with Gasteiger partial charge in [-0.15, -0.1) is 13.2 Å². The fraction of sp³-hybridized carbons (Fsp3) is 0.750. The lowest BCUT2D eigenvalue weighted by Gasteiger charge is -2.37. The molecule has 2 unspecified atom stereocenters. The minimum atomic E-state index is -1.09. The Balaban J connectivity index is 1.65. The standard InChI is InChI=1S/C28H44N4O6/c1-5-10-30(11-6-2)24(34)21-22-25(35)32(15-18-33)23(28(22)9-8-27(21,4)38-28)26(36)31(12-7-3)14-13-29-16-19-37-20-17-29/h5,7,21-23,33H,1,3,6,8-20H2,2,4H3/t21-,22+,23?,27+,28?/m1/s1. The number of rotatable bonds is 13. The topological polar surface area (TPSA) is 103 Å². The van der Waals surface area contributed by atoms with Crippen molar-refractivity contribution in [2.45, 2.75) is 50.4 Å². The van der Waals surface area contributed by atoms with Gasteiger partial charge in [0.1, 0.15) is 11.6 Å². The van der Waals surface area contributed by atoms with Crippen LogP contribution in [0, 0.1) is 11.8 Å². The molecule has 2 bridgehead atoms. The van der Waals surface area contributed by atoms with Crippen LogP contribution in [-0.4, -0.2) is 132 Å². The van der Waals surface area contributed by atoms with E-state index in [0.29, 0.717) is 58.8 Å². The summed E-state index contributed by atoms with van der Waals surface area (Å²) in [5, 5.41) is 9.86. The second-order valence-corrected chi connectivity index (χ2v) is 11.1. The first-order chi connectivity index (χ1) is 18.3. The number of carbonyl (C=O) groups excluding carboxylic acids is 3. The zero-order valence-electron chi connectivity index (χ0n) is 23.0. The molecule has 4 aliphatic rings. The lowest BCUT2D eigenvalue weighted by molar-refractivity contribution is -0.153. The Kier molecular flexibility index (Phi) is 8.96. The van der Waals surface area contributed by atoms with Crippen molar-refractivity contribution < 1.29 is 29.0 Å². The molecule has 4 aliphatic heterocycles. The fourth-order valence-electron chi connectivity index (χ4n) is 7.05. The molecule has 0 aromatic rings. The highest BCUT2D eigenvalue weighted by molar-refractivity contribution is 5.99. The largest absolute Gasteiger partial charge is 0.395 e. The van der Waals surface area contributed by atoms with E-state index in [0.717, 1.165) is 19.5 Å². The quantitative estimate of drug-likeness (QED) is 0.345. The summed E-state index contributed by atoms with van der Waals surface area (Å²) < 4.78 is 12.1. The van der Waals surface area contributed by atoms with Crippen LogP contribution in [0.2, 0.25) is 0 Å². The molecule has 5 atom stereocenters. The number of hydrogen-bond acceptors (Lipinski definition) is 7. The maximum absolute atomic E-state index is 14.3. The highest BCUT2D eigenvalue weighted by atomic mass is 16.5. The smallest absolute Gasteiger partial charge is 0.248 e. The normalized spacial score (nSPS) is 32.3. The van der Waals surface area contributed by atoms with Gasteiger partial charge in [0.05, 0.1) is 37.3 Å². The van der Waals surface area contributed by atoms with Crippen LogP contribution in [0.4, 0.5) is 0 Å². The molecular formula is C28H44N4O6. The molecule has 0 aromatic heterocycles. The first kappa shape index (κ1) is 28.7. The van der Waals surface area contributed by atoms with Gasteiger partial charge in [0.25, 0.3) is 0 Å². The number of hydrogen-bond donors (Lipinski definition) is 1. The van der Waals surface area contributed by atoms with Gasteiger partial charge in [-0.05, 0) is 26.2 Å². The summed E-state index contributed by atoms with van der Waals surface area (Å²) in [6.07, 6.45) is 5.28. The maximum Gasteiger partial charge on any atom is 0.248 e. The molecule has 0 radical (unpaired) electrons. The monoisotopic (exact) mass is 532 g/mol. The summed E-state index contributed by atoms with van der Waals surface area (Å²) in [6, 6.07) is -0.893. The Hall–Kier alpha value is -2.27. The Bertz CT molecular complexity index is 923. The zero-order chi connectivity index (χ0) is 27.5. The Morgan fingerprint density at radius 1 is 1.08 bits per heavy atom. The van der Waals surface area contributed by atoms with E-state index in [1.165, 1.54) is 4.90 Å². The molecule has 0 aliphatic carbocycles. The van der Waals surface area contributed by atoms with Gasteiger partial charge in [0.15, 0.2) is 0 Å². The van der Waals surface area contributed by atoms with Crippen molar-refractivity contribution in [2.75, 3.05) is 72.2 Å². The minimum absolute atomic E-state index is 0.0190. The van der Waals surface area contributed by atoms with E-state index in [2.05, 4.69) is 18.1 Å². The van der Waals surface area contributed by atoms with E-state index in [1.807, 2.05) is 13.8 Å². The molecular weight excluding hydrogens is 488 g/mol. The predicted molar refractivity (Wildman–Crippen MR) is 142 cm³/mol. The van der Waals surface area contributed by atoms with Crippen LogP contribution in [0.15, 0.2) is 25.3 Å². The third kappa shape index (κ3) is 4.92. The van der Waals surface area contributed by atoms with Crippen LogP contribution >= 0.6 is 0 Å². The van der Waals surface area contributed by atoms with Crippen molar-refractivity contribution in [3.63, 3.8) is 0 Å². The number of β-amino-alcohol motifs (C(OH)–C–C–N with tert-alkyl or cyclic N) is 1. The van der Waals surface area contributed by atoms with Crippen LogP contribution in [0.1, 0.15) is 33.1 Å². The molecule has 4 rings (SSSR count). The second kappa shape index (κ2) is 11.9. The highest BCUT2D eigenvalue weighted by Gasteiger charge is 2.78. The Morgan fingerprint density at radius 2 is 1.74 bits per heavy atom. The SMILES string of the molecule is C=CCN(CCN1CCOCC1)C(=O)C1N(CCO)C(=O)[C@@H]2[C@H](C(=O)N(CC=C)CCC)[C@]3(C)CCC12O3. The lowest BCUT2D eigenvalue weighted by Crippen LogP contribution is -2.57. The predicted octanol–water partition coefficient (Wildman–Crippen LogP) is 0.515. The summed E-state index contributed by atoms with van der Waals surface area (Å²) in [6.45, 7) is 16.7. The molecule has 0 saturated carbocycles. The first-order valence-electron chi connectivity index (χ1n) is 14.0. The van der Waals surface area contributed by atoms with Gasteiger partial charge in [-0.1, -0.05) is 19.1 Å². The van der Waals surface area contributed by atoms with E-state index >= 15 is 0 Å². The Morgan fingerprint density at radius 3 is 2.34 bits per heavy atom. The molecule has 1 N–H and O–H groups in total. The number of nitrogens with zero attached hydrogens (tertiary/aromatic N) is 4. The van der Waals surface area contributed by atoms with Crippen molar-refractivity contribution >= 4 is 17.7 Å². The number of amides is 3. The molecule has 4 heterocycles. The van der Waals surface area contributed by atoms with E-state index < -0.39 is 29.1 Å². The van der Waals surface area contributed by atoms with Crippen molar-refractivity contribution in [3.05, 3.63) is 25.3 Å². The van der Waals surface area contributed by atoms with E-state index in [4.69, 9.17) is 9.47 Å². The van der Waals surface area contributed by atoms with Gasteiger partial charge in [-0.25, -0.2) is 0 Å². The number of morpholine rings is 1. The average Bonchev–Trinajstić information content (AvgIpc) is 3.47. The van der Waals surface area contributed by atoms with Crippen LogP contribution in [-0.2, 0) is 23.9 Å². The van der Waals surface area contributed by atoms with E-state index in [-0.39, 0.29) is 30.9 Å². The molecule has 0 aromatic carbocycles. The number of aliphatic hydroxyl groups excluding tert-OH is 1. The molecule has 38 heavy (non-hydrogen) atoms. The zero-order valence-corrected chi connectivity index (χ0v) is 23.0. The Labute approximate surface area is 226 Å². The van der Waals surface area contributed by atoms with Gasteiger partial charge in [0, 0.05) is 52.4 Å². The van der Waals surface area contributed by atoms with Gasteiger partial charge in [-0.2, -0.15) is 0 Å². The summed E-state index contributed by atoms with van der Waals surface area (Å²) >= 11 is 0. The number of carbonyl (C=O) groups is 3. The van der Waals surface area contributed by atoms with Gasteiger partial charge < -0.3 is 29.3 Å². The molecule has 4 saturated heterocycles. The lowest BCUT2D eigenvalue weighted by atomic mass is 9.66. The van der Waals surface area contributed by atoms with Crippen LogP contribution in [0.5, 0.6) is 0 Å². The van der Waals surface area contributed by atoms with Gasteiger partial charge >= 0.3 is 0 Å². The summed E-state index contributed by atoms with van der Waals surface area (Å²) in [7, 11) is 0. The average molecular weight is 533 g/mol. The maximum atomic E-state index is 14.3. The summed E-state index contributed by atoms with van der Waals surface area (Å²) in [5.41, 5.74) is -1.92. The highest BCUT2D eigenvalue weighted by Crippen LogP contribution is 2.63. The third-order valence-corrected chi connectivity index (χ3v) is 8.72. The van der Waals surface area contributed by atoms with Crippen LogP contribution < -0.4 is 0 Å². The number of likely N-dealkylation sites (tertiary alicyclic amines) is 1. The molecule has 3 amide bonds. The minimum Gasteiger partial charge on any atom is -0.395 e. The number of fused-ring (bicyclic) bond motifs is 1. The molecule has 1 spiro atoms. The summed E-state index contributed by atoms with van der Waals surface area (Å²) in [4.78, 5) is 49.4. The number of aliphatic hydroxyl groups is 1. The van der Waals surface area contributed by atoms with Crippen LogP contribution in [0.25, 0.3) is 0 Å². The fourth-order valence-corrected chi connectivity index (χ4v) is 7.05. The van der Waals surface area contributed by atoms with Crippen molar-refractivity contribution in [2.24, 2.45) is 11.8 Å². The third-order valence-electron chi connectivity index (χ3n) is 8.72. The van der Waals surface area contributed by atoms with Gasteiger partial charge in [-0.3, -0.25) is 19.3 Å². The molecule has 10 heteroatoms. The van der Waals surface area contributed by atoms with Crippen molar-refractivity contribution in [1.82, 2.24) is 19.6 Å².